The van der Waals surface area contributed by atoms with Crippen LogP contribution in [0.4, 0.5) is 5.82 Å². The van der Waals surface area contributed by atoms with E-state index >= 15 is 0 Å². The first-order valence-electron chi connectivity index (χ1n) is 8.78. The van der Waals surface area contributed by atoms with Gasteiger partial charge in [0.05, 0.1) is 0 Å². The molecule has 1 saturated heterocycles. The molecule has 1 aliphatic heterocycles. The van der Waals surface area contributed by atoms with Crippen LogP contribution < -0.4 is 10.2 Å². The maximum atomic E-state index is 12.3. The first-order valence-corrected chi connectivity index (χ1v) is 8.78. The van der Waals surface area contributed by atoms with E-state index in [4.69, 9.17) is 4.74 Å². The van der Waals surface area contributed by atoms with E-state index in [0.29, 0.717) is 19.8 Å². The van der Waals surface area contributed by atoms with Crippen LogP contribution >= 0.6 is 0 Å². The summed E-state index contributed by atoms with van der Waals surface area (Å²) in [5.41, 5.74) is 2.26. The van der Waals surface area contributed by atoms with Crippen molar-refractivity contribution in [2.45, 2.75) is 25.9 Å². The third-order valence-corrected chi connectivity index (χ3v) is 4.54. The Hall–Kier alpha value is -2.40. The zero-order valence-electron chi connectivity index (χ0n) is 14.6. The molecule has 2 heterocycles. The highest BCUT2D eigenvalue weighted by atomic mass is 16.5. The number of carbonyl (C=O) groups is 1. The van der Waals surface area contributed by atoms with E-state index in [2.05, 4.69) is 27.3 Å². The van der Waals surface area contributed by atoms with Crippen LogP contribution in [-0.2, 0) is 22.6 Å². The van der Waals surface area contributed by atoms with Crippen molar-refractivity contribution >= 4 is 11.7 Å². The second-order valence-electron chi connectivity index (χ2n) is 6.43. The van der Waals surface area contributed by atoms with E-state index in [0.717, 1.165) is 30.8 Å². The molecular weight excluding hydrogens is 314 g/mol. The van der Waals surface area contributed by atoms with Crippen molar-refractivity contribution in [3.05, 3.63) is 59.8 Å². The zero-order valence-corrected chi connectivity index (χ0v) is 14.6. The van der Waals surface area contributed by atoms with Crippen LogP contribution in [0.3, 0.4) is 0 Å². The molecule has 5 nitrogen and oxygen atoms in total. The SMILES string of the molecule is CN(Cc1ccccc1)c1ncccc1CNC(=O)C1CCOCC1. The van der Waals surface area contributed by atoms with Crippen molar-refractivity contribution in [2.24, 2.45) is 5.92 Å². The van der Waals surface area contributed by atoms with Gasteiger partial charge in [-0.05, 0) is 24.5 Å². The molecule has 3 rings (SSSR count). The predicted octanol–water partition coefficient (Wildman–Crippen LogP) is 2.76. The summed E-state index contributed by atoms with van der Waals surface area (Å²) in [5, 5.41) is 3.07. The Labute approximate surface area is 149 Å². The van der Waals surface area contributed by atoms with E-state index in [1.54, 1.807) is 6.20 Å². The summed E-state index contributed by atoms with van der Waals surface area (Å²) in [4.78, 5) is 19.0. The average molecular weight is 339 g/mol. The van der Waals surface area contributed by atoms with Crippen molar-refractivity contribution in [3.63, 3.8) is 0 Å². The fraction of sp³-hybridized carbons (Fsp3) is 0.400. The van der Waals surface area contributed by atoms with Gasteiger partial charge in [0.2, 0.25) is 5.91 Å². The molecule has 1 N–H and O–H groups in total. The Kier molecular flexibility index (Phi) is 6.01. The number of hydrogen-bond donors (Lipinski definition) is 1. The number of pyridine rings is 1. The third kappa shape index (κ3) is 4.79. The maximum absolute atomic E-state index is 12.3. The Bertz CT molecular complexity index is 684. The maximum Gasteiger partial charge on any atom is 0.223 e. The Morgan fingerprint density at radius 2 is 1.96 bits per heavy atom. The van der Waals surface area contributed by atoms with Gasteiger partial charge in [-0.2, -0.15) is 0 Å². The van der Waals surface area contributed by atoms with Gasteiger partial charge in [-0.1, -0.05) is 36.4 Å². The number of anilines is 1. The second-order valence-corrected chi connectivity index (χ2v) is 6.43. The molecule has 132 valence electrons. The lowest BCUT2D eigenvalue weighted by Crippen LogP contribution is -2.34. The Balaban J connectivity index is 1.63. The molecule has 25 heavy (non-hydrogen) atoms. The van der Waals surface area contributed by atoms with Gasteiger partial charge in [-0.25, -0.2) is 4.98 Å². The Morgan fingerprint density at radius 3 is 2.72 bits per heavy atom. The minimum atomic E-state index is 0.0657. The Morgan fingerprint density at radius 1 is 1.20 bits per heavy atom. The van der Waals surface area contributed by atoms with Crippen LogP contribution in [0.1, 0.15) is 24.0 Å². The molecule has 5 heteroatoms. The first-order chi connectivity index (χ1) is 12.2. The van der Waals surface area contributed by atoms with Crippen LogP contribution in [-0.4, -0.2) is 31.2 Å². The minimum Gasteiger partial charge on any atom is -0.381 e. The molecule has 1 aromatic heterocycles. The summed E-state index contributed by atoms with van der Waals surface area (Å²) in [7, 11) is 2.03. The van der Waals surface area contributed by atoms with Crippen molar-refractivity contribution in [1.29, 1.82) is 0 Å². The monoisotopic (exact) mass is 339 g/mol. The number of ether oxygens (including phenoxy) is 1. The number of hydrogen-bond acceptors (Lipinski definition) is 4. The molecule has 1 fully saturated rings. The molecule has 2 aromatic rings. The molecule has 1 aliphatic rings. The van der Waals surface area contributed by atoms with Gasteiger partial charge in [-0.15, -0.1) is 0 Å². The minimum absolute atomic E-state index is 0.0657. The number of rotatable bonds is 6. The van der Waals surface area contributed by atoms with Crippen molar-refractivity contribution < 1.29 is 9.53 Å². The second kappa shape index (κ2) is 8.62. The van der Waals surface area contributed by atoms with Gasteiger partial charge in [0.1, 0.15) is 5.82 Å². The number of carbonyl (C=O) groups excluding carboxylic acids is 1. The summed E-state index contributed by atoms with van der Waals surface area (Å²) in [6.07, 6.45) is 3.40. The highest BCUT2D eigenvalue weighted by Gasteiger charge is 2.21. The molecule has 0 spiro atoms. The van der Waals surface area contributed by atoms with Crippen LogP contribution in [0.5, 0.6) is 0 Å². The van der Waals surface area contributed by atoms with E-state index < -0.39 is 0 Å². The normalized spacial score (nSPS) is 14.9. The summed E-state index contributed by atoms with van der Waals surface area (Å²) >= 11 is 0. The molecule has 0 saturated carbocycles. The van der Waals surface area contributed by atoms with E-state index in [1.165, 1.54) is 5.56 Å². The van der Waals surface area contributed by atoms with Crippen LogP contribution in [0.2, 0.25) is 0 Å². The molecule has 0 unspecified atom stereocenters. The lowest BCUT2D eigenvalue weighted by molar-refractivity contribution is -0.128. The predicted molar refractivity (Wildman–Crippen MR) is 98.2 cm³/mol. The van der Waals surface area contributed by atoms with Crippen LogP contribution in [0.15, 0.2) is 48.7 Å². The van der Waals surface area contributed by atoms with Gasteiger partial charge in [-0.3, -0.25) is 4.79 Å². The molecule has 1 amide bonds. The quantitative estimate of drug-likeness (QED) is 0.879. The summed E-state index contributed by atoms with van der Waals surface area (Å²) in [5.74, 6) is 1.08. The van der Waals surface area contributed by atoms with Gasteiger partial charge >= 0.3 is 0 Å². The highest BCUT2D eigenvalue weighted by Crippen LogP contribution is 2.19. The van der Waals surface area contributed by atoms with Gasteiger partial charge in [0.25, 0.3) is 0 Å². The summed E-state index contributed by atoms with van der Waals surface area (Å²) in [6.45, 7) is 2.63. The van der Waals surface area contributed by atoms with Gasteiger partial charge in [0, 0.05) is 51.0 Å². The smallest absolute Gasteiger partial charge is 0.223 e. The third-order valence-electron chi connectivity index (χ3n) is 4.54. The topological polar surface area (TPSA) is 54.5 Å². The number of nitrogens with zero attached hydrogens (tertiary/aromatic N) is 2. The van der Waals surface area contributed by atoms with Gasteiger partial charge in [0.15, 0.2) is 0 Å². The first kappa shape index (κ1) is 17.4. The molecule has 0 bridgehead atoms. The van der Waals surface area contributed by atoms with E-state index in [-0.39, 0.29) is 11.8 Å². The highest BCUT2D eigenvalue weighted by molar-refractivity contribution is 5.78. The van der Waals surface area contributed by atoms with Crippen LogP contribution in [0, 0.1) is 5.92 Å². The van der Waals surface area contributed by atoms with Gasteiger partial charge < -0.3 is 15.0 Å². The lowest BCUT2D eigenvalue weighted by atomic mass is 9.99. The zero-order chi connectivity index (χ0) is 17.5. The van der Waals surface area contributed by atoms with E-state index in [1.807, 2.05) is 37.4 Å². The van der Waals surface area contributed by atoms with Crippen molar-refractivity contribution in [2.75, 3.05) is 25.2 Å². The standard InChI is InChI=1S/C20H25N3O2/c1-23(15-16-6-3-2-4-7-16)19-18(8-5-11-21-19)14-22-20(24)17-9-12-25-13-10-17/h2-8,11,17H,9-10,12-15H2,1H3,(H,22,24). The molecule has 1 aromatic carbocycles. The fourth-order valence-corrected chi connectivity index (χ4v) is 3.13. The van der Waals surface area contributed by atoms with Crippen molar-refractivity contribution in [1.82, 2.24) is 10.3 Å². The van der Waals surface area contributed by atoms with Crippen LogP contribution in [0.25, 0.3) is 0 Å². The number of benzene rings is 1. The summed E-state index contributed by atoms with van der Waals surface area (Å²) < 4.78 is 5.32. The molecule has 0 aliphatic carbocycles. The number of aromatic nitrogens is 1. The number of amides is 1. The number of nitrogens with one attached hydrogen (secondary N) is 1. The van der Waals surface area contributed by atoms with Crippen molar-refractivity contribution in [3.8, 4) is 0 Å². The molecular formula is C20H25N3O2. The fourth-order valence-electron chi connectivity index (χ4n) is 3.13. The lowest BCUT2D eigenvalue weighted by Gasteiger charge is -2.23. The summed E-state index contributed by atoms with van der Waals surface area (Å²) in [6, 6.07) is 14.2. The average Bonchev–Trinajstić information content (AvgIpc) is 2.68. The van der Waals surface area contributed by atoms with E-state index in [9.17, 15) is 4.79 Å². The molecule has 0 radical (unpaired) electrons. The molecule has 0 atom stereocenters. The largest absolute Gasteiger partial charge is 0.381 e.